The number of aliphatic hydroxyl groups is 2. The van der Waals surface area contributed by atoms with E-state index in [4.69, 9.17) is 19.5 Å². The number of ketones is 1. The summed E-state index contributed by atoms with van der Waals surface area (Å²) in [6, 6.07) is 9.22. The molecule has 15 heteroatoms. The van der Waals surface area contributed by atoms with Crippen LogP contribution in [0.1, 0.15) is 62.8 Å². The predicted molar refractivity (Wildman–Crippen MR) is 157 cm³/mol. The van der Waals surface area contributed by atoms with Crippen molar-refractivity contribution in [3.05, 3.63) is 47.9 Å². The number of imidazole rings is 1. The number of aliphatic imine (C=N–C) groups is 1. The molecule has 0 amide bonds. The SMILES string of the molecule is CCC(C)(C)C(=O)SCCOP(=O)(NCc1ccccc1)OC[C@H]1OC(n2cnc3c2N=C(N)CC3=O)[C@@](C)(O)[C@H]1O. The summed E-state index contributed by atoms with van der Waals surface area (Å²) in [5.41, 5.74) is 4.36. The third-order valence-corrected chi connectivity index (χ3v) is 10.1. The van der Waals surface area contributed by atoms with Crippen LogP contribution < -0.4 is 10.8 Å². The van der Waals surface area contributed by atoms with Crippen molar-refractivity contribution in [3.63, 3.8) is 0 Å². The van der Waals surface area contributed by atoms with Gasteiger partial charge in [0.25, 0.3) is 0 Å². The van der Waals surface area contributed by atoms with E-state index in [0.29, 0.717) is 6.42 Å². The average Bonchev–Trinajstić information content (AvgIpc) is 3.47. The number of rotatable bonds is 13. The number of hydrogen-bond donors (Lipinski definition) is 4. The average molecular weight is 624 g/mol. The van der Waals surface area contributed by atoms with Crippen molar-refractivity contribution in [2.75, 3.05) is 19.0 Å². The normalized spacial score (nSPS) is 25.6. The third-order valence-electron chi connectivity index (χ3n) is 7.37. The van der Waals surface area contributed by atoms with Gasteiger partial charge in [-0.05, 0) is 18.9 Å². The molecule has 230 valence electrons. The van der Waals surface area contributed by atoms with Crippen LogP contribution in [0.5, 0.6) is 0 Å². The highest BCUT2D eigenvalue weighted by molar-refractivity contribution is 8.13. The predicted octanol–water partition coefficient (Wildman–Crippen LogP) is 3.09. The summed E-state index contributed by atoms with van der Waals surface area (Å²) in [7, 11) is -3.98. The summed E-state index contributed by atoms with van der Waals surface area (Å²) in [4.78, 5) is 33.1. The number of nitrogens with one attached hydrogen (secondary N) is 1. The van der Waals surface area contributed by atoms with Gasteiger partial charge in [-0.15, -0.1) is 0 Å². The van der Waals surface area contributed by atoms with Crippen LogP contribution in [0.15, 0.2) is 41.7 Å². The van der Waals surface area contributed by atoms with E-state index in [1.54, 1.807) is 0 Å². The quantitative estimate of drug-likeness (QED) is 0.189. The zero-order valence-electron chi connectivity index (χ0n) is 24.1. The Morgan fingerprint density at radius 2 is 2.05 bits per heavy atom. The van der Waals surface area contributed by atoms with Gasteiger partial charge >= 0.3 is 7.75 Å². The zero-order chi connectivity index (χ0) is 30.7. The van der Waals surface area contributed by atoms with Crippen molar-refractivity contribution >= 4 is 42.1 Å². The second-order valence-corrected chi connectivity index (χ2v) is 13.9. The van der Waals surface area contributed by atoms with E-state index >= 15 is 0 Å². The number of aliphatic hydroxyl groups excluding tert-OH is 1. The summed E-state index contributed by atoms with van der Waals surface area (Å²) in [5.74, 6) is 0.137. The van der Waals surface area contributed by atoms with Gasteiger partial charge in [-0.3, -0.25) is 23.2 Å². The summed E-state index contributed by atoms with van der Waals surface area (Å²) in [5, 5.41) is 25.0. The van der Waals surface area contributed by atoms with Crippen LogP contribution in [-0.2, 0) is 29.7 Å². The van der Waals surface area contributed by atoms with Crippen molar-refractivity contribution in [2.45, 2.75) is 71.1 Å². The first-order valence-electron chi connectivity index (χ1n) is 13.6. The molecule has 0 bridgehead atoms. The molecule has 0 radical (unpaired) electrons. The molecule has 5 N–H and O–H groups in total. The fraction of sp³-hybridized carbons (Fsp3) is 0.556. The molecule has 1 aromatic carbocycles. The Morgan fingerprint density at radius 1 is 1.33 bits per heavy atom. The van der Waals surface area contributed by atoms with Gasteiger partial charge in [0.15, 0.2) is 28.6 Å². The lowest BCUT2D eigenvalue weighted by molar-refractivity contribution is -0.118. The maximum Gasteiger partial charge on any atom is 0.405 e. The molecular formula is C27H38N5O8PS. The van der Waals surface area contributed by atoms with Crippen molar-refractivity contribution < 1.29 is 38.2 Å². The Kier molecular flexibility index (Phi) is 10.1. The molecule has 0 saturated carbocycles. The number of nitrogens with zero attached hydrogens (tertiary/aromatic N) is 3. The van der Waals surface area contributed by atoms with Crippen LogP contribution in [0.25, 0.3) is 0 Å². The highest BCUT2D eigenvalue weighted by Crippen LogP contribution is 2.47. The Labute approximate surface area is 248 Å². The summed E-state index contributed by atoms with van der Waals surface area (Å²) in [6.07, 6.45) is -1.92. The number of hydrogen-bond acceptors (Lipinski definition) is 12. The summed E-state index contributed by atoms with van der Waals surface area (Å²) >= 11 is 1.10. The summed E-state index contributed by atoms with van der Waals surface area (Å²) < 4.78 is 32.4. The second-order valence-electron chi connectivity index (χ2n) is 11.0. The largest absolute Gasteiger partial charge is 0.405 e. The van der Waals surface area contributed by atoms with Gasteiger partial charge in [-0.25, -0.2) is 19.6 Å². The molecule has 42 heavy (non-hydrogen) atoms. The fourth-order valence-electron chi connectivity index (χ4n) is 4.35. The summed E-state index contributed by atoms with van der Waals surface area (Å²) in [6.45, 7) is 6.74. The van der Waals surface area contributed by atoms with Crippen LogP contribution >= 0.6 is 19.5 Å². The number of carbonyl (C=O) groups is 2. The number of Topliss-reactive ketones (excluding diaryl/α,β-unsaturated/α-hetero) is 1. The number of carbonyl (C=O) groups excluding carboxylic acids is 2. The Balaban J connectivity index is 1.45. The molecule has 0 spiro atoms. The topological polar surface area (TPSA) is 188 Å². The van der Waals surface area contributed by atoms with Gasteiger partial charge in [0, 0.05) is 17.7 Å². The molecule has 1 aromatic heterocycles. The molecule has 5 atom stereocenters. The van der Waals surface area contributed by atoms with Crippen LogP contribution in [0.2, 0.25) is 0 Å². The first kappa shape index (κ1) is 32.5. The molecule has 13 nitrogen and oxygen atoms in total. The monoisotopic (exact) mass is 623 g/mol. The Morgan fingerprint density at radius 3 is 2.74 bits per heavy atom. The standard InChI is InChI=1S/C27H38N5O8PS/c1-5-26(2,3)25(35)42-12-11-38-41(37,30-14-17-9-7-6-8-10-17)39-15-19-22(34)27(4,36)24(40-19)32-16-29-21-18(33)13-20(28)31-23(21)32/h6-10,16,19,22,24,34,36H,5,11-15H2,1-4H3,(H2,28,31)(H,30,37)/t19-,22+,24?,27+,41?/m1/s1. The zero-order valence-corrected chi connectivity index (χ0v) is 25.8. The minimum atomic E-state index is -3.98. The minimum absolute atomic E-state index is 0.00632. The van der Waals surface area contributed by atoms with E-state index in [0.717, 1.165) is 17.3 Å². The van der Waals surface area contributed by atoms with Crippen LogP contribution in [0.3, 0.4) is 0 Å². The van der Waals surface area contributed by atoms with Gasteiger partial charge in [0.05, 0.1) is 26.0 Å². The highest BCUT2D eigenvalue weighted by Gasteiger charge is 2.54. The maximum atomic E-state index is 13.7. The van der Waals surface area contributed by atoms with E-state index in [1.807, 2.05) is 51.1 Å². The molecule has 0 aliphatic carbocycles. The molecule has 2 unspecified atom stereocenters. The molecule has 2 aromatic rings. The van der Waals surface area contributed by atoms with E-state index in [2.05, 4.69) is 15.1 Å². The third kappa shape index (κ3) is 7.20. The van der Waals surface area contributed by atoms with E-state index in [-0.39, 0.29) is 53.6 Å². The fourth-order valence-corrected chi connectivity index (χ4v) is 6.67. The highest BCUT2D eigenvalue weighted by atomic mass is 32.2. The number of benzene rings is 1. The number of nitrogens with two attached hydrogens (primary N) is 1. The molecule has 4 rings (SSSR count). The lowest BCUT2D eigenvalue weighted by Crippen LogP contribution is -2.44. The Hall–Kier alpha value is -2.42. The lowest BCUT2D eigenvalue weighted by Gasteiger charge is -2.28. The molecule has 3 heterocycles. The molecule has 1 fully saturated rings. The van der Waals surface area contributed by atoms with E-state index in [1.165, 1.54) is 17.8 Å². The van der Waals surface area contributed by atoms with Crippen LogP contribution in [0, 0.1) is 5.41 Å². The number of thioether (sulfide) groups is 1. The van der Waals surface area contributed by atoms with Gasteiger partial charge in [0.1, 0.15) is 23.6 Å². The number of amidine groups is 1. The van der Waals surface area contributed by atoms with Gasteiger partial charge in [-0.2, -0.15) is 0 Å². The van der Waals surface area contributed by atoms with Crippen molar-refractivity contribution in [2.24, 2.45) is 16.1 Å². The first-order valence-corrected chi connectivity index (χ1v) is 16.1. The smallest absolute Gasteiger partial charge is 0.387 e. The molecule has 1 saturated heterocycles. The first-order chi connectivity index (χ1) is 19.8. The number of fused-ring (bicyclic) bond motifs is 1. The van der Waals surface area contributed by atoms with Gasteiger partial charge < -0.3 is 20.7 Å². The Bertz CT molecular complexity index is 1370. The number of ether oxygens (including phenoxy) is 1. The van der Waals surface area contributed by atoms with Crippen molar-refractivity contribution in [1.82, 2.24) is 14.6 Å². The lowest BCUT2D eigenvalue weighted by atomic mass is 9.92. The van der Waals surface area contributed by atoms with Crippen molar-refractivity contribution in [1.29, 1.82) is 0 Å². The van der Waals surface area contributed by atoms with Crippen LogP contribution in [-0.4, -0.2) is 73.3 Å². The van der Waals surface area contributed by atoms with E-state index < -0.39 is 43.8 Å². The van der Waals surface area contributed by atoms with Crippen molar-refractivity contribution in [3.8, 4) is 0 Å². The number of aromatic nitrogens is 2. The molecule has 2 aliphatic rings. The molecular weight excluding hydrogens is 585 g/mol. The van der Waals surface area contributed by atoms with E-state index in [9.17, 15) is 24.4 Å². The minimum Gasteiger partial charge on any atom is -0.387 e. The van der Waals surface area contributed by atoms with Gasteiger partial charge in [0.2, 0.25) is 0 Å². The second kappa shape index (κ2) is 13.1. The van der Waals surface area contributed by atoms with Crippen LogP contribution in [0.4, 0.5) is 5.82 Å². The maximum absolute atomic E-state index is 13.7. The molecule has 2 aliphatic heterocycles. The van der Waals surface area contributed by atoms with Gasteiger partial charge in [-0.1, -0.05) is 62.9 Å².